The van der Waals surface area contributed by atoms with Gasteiger partial charge in [-0.1, -0.05) is 22.9 Å². The van der Waals surface area contributed by atoms with Crippen molar-refractivity contribution in [2.45, 2.75) is 34.1 Å². The average Bonchev–Trinajstić information content (AvgIpc) is 3.23. The largest absolute Gasteiger partial charge is 0.493 e. The summed E-state index contributed by atoms with van der Waals surface area (Å²) in [5.74, 6) is 1.24. The van der Waals surface area contributed by atoms with Crippen molar-refractivity contribution in [3.63, 3.8) is 0 Å². The maximum absolute atomic E-state index is 12.5. The maximum Gasteiger partial charge on any atom is 0.309 e. The smallest absolute Gasteiger partial charge is 0.309 e. The van der Waals surface area contributed by atoms with Crippen LogP contribution < -0.4 is 4.74 Å². The van der Waals surface area contributed by atoms with E-state index in [0.717, 1.165) is 17.0 Å². The second-order valence-electron chi connectivity index (χ2n) is 6.91. The molecule has 0 fully saturated rings. The van der Waals surface area contributed by atoms with E-state index in [9.17, 15) is 9.59 Å². The standard InChI is InChI=1S/C22H24N2O5/c1-14-5-7-18(8-6-14)27-10-9-22(26)28-13-20(25)19-11-15(2)24(17(19)4)21-12-16(3)29-23-21/h5-8,11-12H,9-10,13H2,1-4H3. The number of carbonyl (C=O) groups is 2. The molecule has 0 bridgehead atoms. The third kappa shape index (κ3) is 4.93. The Morgan fingerprint density at radius 1 is 1.07 bits per heavy atom. The number of aromatic nitrogens is 2. The summed E-state index contributed by atoms with van der Waals surface area (Å²) in [5.41, 5.74) is 3.19. The normalized spacial score (nSPS) is 10.8. The summed E-state index contributed by atoms with van der Waals surface area (Å²) in [6.07, 6.45) is 0.0679. The fraction of sp³-hybridized carbons (Fsp3) is 0.318. The molecular weight excluding hydrogens is 372 g/mol. The molecule has 0 radical (unpaired) electrons. The Bertz CT molecular complexity index is 1010. The molecule has 152 valence electrons. The van der Waals surface area contributed by atoms with E-state index in [0.29, 0.717) is 22.9 Å². The first-order valence-corrected chi connectivity index (χ1v) is 9.36. The zero-order valence-corrected chi connectivity index (χ0v) is 17.0. The number of carbonyl (C=O) groups excluding carboxylic acids is 2. The number of benzene rings is 1. The average molecular weight is 396 g/mol. The van der Waals surface area contributed by atoms with Crippen LogP contribution in [0.3, 0.4) is 0 Å². The van der Waals surface area contributed by atoms with Gasteiger partial charge in [0.05, 0.1) is 13.0 Å². The van der Waals surface area contributed by atoms with E-state index in [2.05, 4.69) is 5.16 Å². The van der Waals surface area contributed by atoms with Gasteiger partial charge in [0.2, 0.25) is 5.78 Å². The fourth-order valence-corrected chi connectivity index (χ4v) is 3.04. The van der Waals surface area contributed by atoms with Crippen LogP contribution in [-0.2, 0) is 9.53 Å². The lowest BCUT2D eigenvalue weighted by molar-refractivity contribution is -0.143. The van der Waals surface area contributed by atoms with Crippen LogP contribution in [0.15, 0.2) is 40.9 Å². The van der Waals surface area contributed by atoms with E-state index >= 15 is 0 Å². The summed E-state index contributed by atoms with van der Waals surface area (Å²) in [5, 5.41) is 4.00. The molecule has 3 rings (SSSR count). The highest BCUT2D eigenvalue weighted by Crippen LogP contribution is 2.21. The molecule has 0 aliphatic carbocycles. The van der Waals surface area contributed by atoms with Crippen molar-refractivity contribution >= 4 is 11.8 Å². The molecule has 7 nitrogen and oxygen atoms in total. The quantitative estimate of drug-likeness (QED) is 0.424. The Morgan fingerprint density at radius 3 is 2.45 bits per heavy atom. The summed E-state index contributed by atoms with van der Waals surface area (Å²) in [6.45, 7) is 7.37. The van der Waals surface area contributed by atoms with Gasteiger partial charge in [-0.05, 0) is 45.9 Å². The fourth-order valence-electron chi connectivity index (χ4n) is 3.04. The van der Waals surface area contributed by atoms with Crippen molar-refractivity contribution in [2.75, 3.05) is 13.2 Å². The highest BCUT2D eigenvalue weighted by Gasteiger charge is 2.19. The van der Waals surface area contributed by atoms with Crippen LogP contribution in [0, 0.1) is 27.7 Å². The second-order valence-corrected chi connectivity index (χ2v) is 6.91. The SMILES string of the molecule is Cc1ccc(OCCC(=O)OCC(=O)c2cc(C)n(-c3cc(C)on3)c2C)cc1. The number of rotatable bonds is 8. The Labute approximate surface area is 169 Å². The van der Waals surface area contributed by atoms with Crippen LogP contribution >= 0.6 is 0 Å². The molecule has 2 aromatic heterocycles. The lowest BCUT2D eigenvalue weighted by Gasteiger charge is -2.07. The van der Waals surface area contributed by atoms with Crippen LogP contribution in [0.1, 0.15) is 39.5 Å². The second kappa shape index (κ2) is 8.77. The number of ether oxygens (including phenoxy) is 2. The first-order chi connectivity index (χ1) is 13.8. The molecular formula is C22H24N2O5. The molecule has 1 aromatic carbocycles. The molecule has 29 heavy (non-hydrogen) atoms. The molecule has 3 aromatic rings. The van der Waals surface area contributed by atoms with Crippen LogP contribution in [0.4, 0.5) is 0 Å². The molecule has 0 N–H and O–H groups in total. The van der Waals surface area contributed by atoms with Gasteiger partial charge < -0.3 is 14.0 Å². The van der Waals surface area contributed by atoms with Gasteiger partial charge in [-0.2, -0.15) is 0 Å². The van der Waals surface area contributed by atoms with Gasteiger partial charge in [0, 0.05) is 23.0 Å². The van der Waals surface area contributed by atoms with Crippen molar-refractivity contribution in [3.8, 4) is 11.6 Å². The monoisotopic (exact) mass is 396 g/mol. The molecule has 2 heterocycles. The topological polar surface area (TPSA) is 83.6 Å². The third-order valence-corrected chi connectivity index (χ3v) is 4.54. The molecule has 0 saturated carbocycles. The Hall–Kier alpha value is -3.35. The van der Waals surface area contributed by atoms with Crippen molar-refractivity contribution in [2.24, 2.45) is 0 Å². The Morgan fingerprint density at radius 2 is 1.79 bits per heavy atom. The molecule has 0 saturated heterocycles. The van der Waals surface area contributed by atoms with Gasteiger partial charge >= 0.3 is 5.97 Å². The minimum Gasteiger partial charge on any atom is -0.493 e. The summed E-state index contributed by atoms with van der Waals surface area (Å²) in [6, 6.07) is 11.1. The summed E-state index contributed by atoms with van der Waals surface area (Å²) < 4.78 is 17.6. The molecule has 0 spiro atoms. The van der Waals surface area contributed by atoms with Crippen LogP contribution in [-0.4, -0.2) is 34.7 Å². The number of hydrogen-bond acceptors (Lipinski definition) is 6. The predicted molar refractivity (Wildman–Crippen MR) is 107 cm³/mol. The van der Waals surface area contributed by atoms with Crippen LogP contribution in [0.25, 0.3) is 5.82 Å². The highest BCUT2D eigenvalue weighted by atomic mass is 16.5. The molecule has 0 amide bonds. The van der Waals surface area contributed by atoms with E-state index in [-0.39, 0.29) is 25.4 Å². The lowest BCUT2D eigenvalue weighted by atomic mass is 10.1. The van der Waals surface area contributed by atoms with Crippen LogP contribution in [0.5, 0.6) is 5.75 Å². The first-order valence-electron chi connectivity index (χ1n) is 9.36. The summed E-state index contributed by atoms with van der Waals surface area (Å²) in [4.78, 5) is 24.5. The number of ketones is 1. The number of nitrogens with zero attached hydrogens (tertiary/aromatic N) is 2. The number of esters is 1. The van der Waals surface area contributed by atoms with Gasteiger partial charge in [-0.3, -0.25) is 14.2 Å². The Balaban J connectivity index is 1.52. The number of Topliss-reactive ketones (excluding diaryl/α,β-unsaturated/α-hetero) is 1. The summed E-state index contributed by atoms with van der Waals surface area (Å²) in [7, 11) is 0. The van der Waals surface area contributed by atoms with Crippen molar-refractivity contribution in [3.05, 3.63) is 64.7 Å². The van der Waals surface area contributed by atoms with Crippen molar-refractivity contribution < 1.29 is 23.6 Å². The zero-order chi connectivity index (χ0) is 21.0. The summed E-state index contributed by atoms with van der Waals surface area (Å²) >= 11 is 0. The van der Waals surface area contributed by atoms with Crippen molar-refractivity contribution in [1.82, 2.24) is 9.72 Å². The van der Waals surface area contributed by atoms with Gasteiger partial charge in [0.15, 0.2) is 12.4 Å². The minimum absolute atomic E-state index is 0.0679. The Kier molecular flexibility index (Phi) is 6.16. The molecule has 0 aliphatic heterocycles. The lowest BCUT2D eigenvalue weighted by Crippen LogP contribution is -2.16. The zero-order valence-electron chi connectivity index (χ0n) is 17.0. The van der Waals surface area contributed by atoms with E-state index in [1.54, 1.807) is 19.1 Å². The van der Waals surface area contributed by atoms with Gasteiger partial charge in [0.25, 0.3) is 0 Å². The van der Waals surface area contributed by atoms with Crippen molar-refractivity contribution in [1.29, 1.82) is 0 Å². The van der Waals surface area contributed by atoms with E-state index < -0.39 is 5.97 Å². The third-order valence-electron chi connectivity index (χ3n) is 4.54. The highest BCUT2D eigenvalue weighted by molar-refractivity contribution is 5.99. The number of aryl methyl sites for hydroxylation is 3. The molecule has 0 aliphatic rings. The van der Waals surface area contributed by atoms with Gasteiger partial charge in [-0.25, -0.2) is 0 Å². The maximum atomic E-state index is 12.5. The molecule has 7 heteroatoms. The number of hydrogen-bond donors (Lipinski definition) is 0. The van der Waals surface area contributed by atoms with Gasteiger partial charge in [0.1, 0.15) is 11.5 Å². The van der Waals surface area contributed by atoms with Crippen LogP contribution in [0.2, 0.25) is 0 Å². The first kappa shape index (κ1) is 20.4. The minimum atomic E-state index is -0.480. The van der Waals surface area contributed by atoms with E-state index in [1.165, 1.54) is 0 Å². The van der Waals surface area contributed by atoms with E-state index in [4.69, 9.17) is 14.0 Å². The van der Waals surface area contributed by atoms with Gasteiger partial charge in [-0.15, -0.1) is 0 Å². The molecule has 0 atom stereocenters. The van der Waals surface area contributed by atoms with E-state index in [1.807, 2.05) is 49.6 Å². The predicted octanol–water partition coefficient (Wildman–Crippen LogP) is 3.89. The molecule has 0 unspecified atom stereocenters.